The van der Waals surface area contributed by atoms with E-state index in [1.807, 2.05) is 18.3 Å². The van der Waals surface area contributed by atoms with Gasteiger partial charge < -0.3 is 9.88 Å². The summed E-state index contributed by atoms with van der Waals surface area (Å²) >= 11 is 12.1. The van der Waals surface area contributed by atoms with Crippen molar-refractivity contribution >= 4 is 28.9 Å². The van der Waals surface area contributed by atoms with Crippen LogP contribution in [0.2, 0.25) is 10.0 Å². The van der Waals surface area contributed by atoms with Gasteiger partial charge in [0.25, 0.3) is 0 Å². The molecular weight excluding hydrogens is 269 g/mol. The Hall–Kier alpha value is -1.19. The minimum Gasteiger partial charge on any atom is -0.362 e. The number of hydrogen-bond donors (Lipinski definition) is 1. The summed E-state index contributed by atoms with van der Waals surface area (Å²) in [6.45, 7) is 4.94. The number of nitrogens with zero attached hydrogens (tertiary/aromatic N) is 2. The molecule has 1 heterocycles. The summed E-state index contributed by atoms with van der Waals surface area (Å²) in [5, 5.41) is 1.28. The van der Waals surface area contributed by atoms with Crippen molar-refractivity contribution < 1.29 is 0 Å². The summed E-state index contributed by atoms with van der Waals surface area (Å²) in [5.74, 6) is 0.916. The van der Waals surface area contributed by atoms with Crippen molar-refractivity contribution in [3.05, 3.63) is 46.5 Å². The minimum absolute atomic E-state index is 0.324. The van der Waals surface area contributed by atoms with Gasteiger partial charge in [0, 0.05) is 34.2 Å². The van der Waals surface area contributed by atoms with Crippen LogP contribution in [0.4, 0.5) is 5.69 Å². The number of halogens is 2. The summed E-state index contributed by atoms with van der Waals surface area (Å²) in [5.41, 5.74) is 0.999. The Morgan fingerprint density at radius 1 is 1.22 bits per heavy atom. The first kappa shape index (κ1) is 13.2. The maximum atomic E-state index is 6.05. The van der Waals surface area contributed by atoms with Gasteiger partial charge in [-0.2, -0.15) is 0 Å². The van der Waals surface area contributed by atoms with Crippen LogP contribution in [0.15, 0.2) is 30.6 Å². The molecule has 0 bridgehead atoms. The van der Waals surface area contributed by atoms with Gasteiger partial charge in [0.1, 0.15) is 5.82 Å². The van der Waals surface area contributed by atoms with Crippen molar-refractivity contribution in [3.63, 3.8) is 0 Å². The fraction of sp³-hybridized carbons (Fsp3) is 0.308. The molecule has 0 radical (unpaired) electrons. The number of benzene rings is 1. The monoisotopic (exact) mass is 283 g/mol. The molecule has 2 rings (SSSR count). The van der Waals surface area contributed by atoms with Crippen LogP contribution in [0, 0.1) is 0 Å². The van der Waals surface area contributed by atoms with E-state index in [-0.39, 0.29) is 0 Å². The van der Waals surface area contributed by atoms with Gasteiger partial charge >= 0.3 is 0 Å². The van der Waals surface area contributed by atoms with Crippen LogP contribution in [0.25, 0.3) is 0 Å². The summed E-state index contributed by atoms with van der Waals surface area (Å²) in [4.78, 5) is 9.54. The van der Waals surface area contributed by atoms with Crippen molar-refractivity contribution in [2.45, 2.75) is 26.4 Å². The van der Waals surface area contributed by atoms with Gasteiger partial charge in [0.05, 0.1) is 6.54 Å². The zero-order chi connectivity index (χ0) is 13.1. The van der Waals surface area contributed by atoms with Crippen molar-refractivity contribution in [2.75, 3.05) is 4.90 Å². The average Bonchev–Trinajstić information content (AvgIpc) is 2.76. The van der Waals surface area contributed by atoms with E-state index < -0.39 is 0 Å². The molecule has 0 aliphatic heterocycles. The van der Waals surface area contributed by atoms with Gasteiger partial charge in [-0.05, 0) is 32.0 Å². The first-order valence-electron chi connectivity index (χ1n) is 5.77. The second-order valence-electron chi connectivity index (χ2n) is 4.39. The van der Waals surface area contributed by atoms with E-state index in [9.17, 15) is 0 Å². The molecule has 3 nitrogen and oxygen atoms in total. The number of nitrogens with one attached hydrogen (secondary N) is 1. The van der Waals surface area contributed by atoms with Crippen LogP contribution in [-0.2, 0) is 6.54 Å². The molecule has 96 valence electrons. The lowest BCUT2D eigenvalue weighted by atomic mass is 10.2. The van der Waals surface area contributed by atoms with Crippen LogP contribution in [-0.4, -0.2) is 16.0 Å². The van der Waals surface area contributed by atoms with Gasteiger partial charge in [-0.15, -0.1) is 0 Å². The molecule has 0 saturated heterocycles. The quantitative estimate of drug-likeness (QED) is 0.915. The second kappa shape index (κ2) is 5.63. The zero-order valence-corrected chi connectivity index (χ0v) is 11.8. The third-order valence-electron chi connectivity index (χ3n) is 2.68. The molecule has 0 spiro atoms. The van der Waals surface area contributed by atoms with Crippen LogP contribution < -0.4 is 4.90 Å². The fourth-order valence-electron chi connectivity index (χ4n) is 1.82. The topological polar surface area (TPSA) is 31.9 Å². The highest BCUT2D eigenvalue weighted by Gasteiger charge is 2.13. The summed E-state index contributed by atoms with van der Waals surface area (Å²) in [6, 6.07) is 5.88. The number of aromatic nitrogens is 2. The molecule has 0 aliphatic rings. The molecular formula is C13H15Cl2N3. The highest BCUT2D eigenvalue weighted by Crippen LogP contribution is 2.27. The number of rotatable bonds is 4. The Kier molecular flexibility index (Phi) is 4.15. The normalized spacial score (nSPS) is 10.9. The Balaban J connectivity index is 2.29. The largest absolute Gasteiger partial charge is 0.362 e. The fourth-order valence-corrected chi connectivity index (χ4v) is 2.34. The Morgan fingerprint density at radius 3 is 2.39 bits per heavy atom. The van der Waals surface area contributed by atoms with E-state index in [4.69, 9.17) is 23.2 Å². The average molecular weight is 284 g/mol. The van der Waals surface area contributed by atoms with Crippen LogP contribution in [0.5, 0.6) is 0 Å². The van der Waals surface area contributed by atoms with Gasteiger partial charge in [-0.3, -0.25) is 0 Å². The summed E-state index contributed by atoms with van der Waals surface area (Å²) in [6.07, 6.45) is 3.57. The second-order valence-corrected chi connectivity index (χ2v) is 5.26. The molecule has 1 aromatic heterocycles. The van der Waals surface area contributed by atoms with E-state index in [2.05, 4.69) is 28.7 Å². The van der Waals surface area contributed by atoms with Gasteiger partial charge in [-0.25, -0.2) is 4.98 Å². The van der Waals surface area contributed by atoms with E-state index in [1.54, 1.807) is 12.3 Å². The van der Waals surface area contributed by atoms with Gasteiger partial charge in [0.15, 0.2) is 0 Å². The lowest BCUT2D eigenvalue weighted by Crippen LogP contribution is -2.30. The predicted molar refractivity (Wildman–Crippen MR) is 76.4 cm³/mol. The first-order valence-corrected chi connectivity index (χ1v) is 6.53. The van der Waals surface area contributed by atoms with E-state index in [1.165, 1.54) is 0 Å². The first-order chi connectivity index (χ1) is 8.56. The molecule has 0 unspecified atom stereocenters. The third kappa shape index (κ3) is 3.18. The molecule has 0 fully saturated rings. The number of aromatic amines is 1. The van der Waals surface area contributed by atoms with E-state index >= 15 is 0 Å². The van der Waals surface area contributed by atoms with E-state index in [0.29, 0.717) is 22.6 Å². The lowest BCUT2D eigenvalue weighted by molar-refractivity contribution is 0.666. The van der Waals surface area contributed by atoms with Gasteiger partial charge in [0.2, 0.25) is 0 Å². The number of hydrogen-bond acceptors (Lipinski definition) is 2. The molecule has 5 heteroatoms. The Labute approximate surface area is 117 Å². The minimum atomic E-state index is 0.324. The van der Waals surface area contributed by atoms with Crippen molar-refractivity contribution in [1.29, 1.82) is 0 Å². The lowest BCUT2D eigenvalue weighted by Gasteiger charge is -2.28. The SMILES string of the molecule is CC(C)N(Cc1ncc[nH]1)c1cc(Cl)cc(Cl)c1. The maximum Gasteiger partial charge on any atom is 0.125 e. The number of anilines is 1. The van der Waals surface area contributed by atoms with Crippen LogP contribution in [0.3, 0.4) is 0 Å². The Morgan fingerprint density at radius 2 is 1.89 bits per heavy atom. The smallest absolute Gasteiger partial charge is 0.125 e. The highest BCUT2D eigenvalue weighted by molar-refractivity contribution is 6.35. The van der Waals surface area contributed by atoms with Crippen LogP contribution in [0.1, 0.15) is 19.7 Å². The predicted octanol–water partition coefficient (Wildman–Crippen LogP) is 4.13. The summed E-state index contributed by atoms with van der Waals surface area (Å²) < 4.78 is 0. The molecule has 18 heavy (non-hydrogen) atoms. The summed E-state index contributed by atoms with van der Waals surface area (Å²) in [7, 11) is 0. The molecule has 0 amide bonds. The van der Waals surface area contributed by atoms with Crippen LogP contribution >= 0.6 is 23.2 Å². The third-order valence-corrected chi connectivity index (χ3v) is 3.11. The Bertz CT molecular complexity index is 489. The van der Waals surface area contributed by atoms with Gasteiger partial charge in [-0.1, -0.05) is 23.2 Å². The van der Waals surface area contributed by atoms with Crippen molar-refractivity contribution in [2.24, 2.45) is 0 Å². The number of imidazole rings is 1. The standard InChI is InChI=1S/C13H15Cl2N3/c1-9(2)18(8-13-16-3-4-17-13)12-6-10(14)5-11(15)7-12/h3-7,9H,8H2,1-2H3,(H,16,17). The molecule has 0 atom stereocenters. The maximum absolute atomic E-state index is 6.05. The molecule has 0 saturated carbocycles. The van der Waals surface area contributed by atoms with E-state index in [0.717, 1.165) is 11.5 Å². The molecule has 1 N–H and O–H groups in total. The highest BCUT2D eigenvalue weighted by atomic mass is 35.5. The molecule has 0 aliphatic carbocycles. The molecule has 1 aromatic carbocycles. The molecule has 2 aromatic rings. The van der Waals surface area contributed by atoms with Crippen molar-refractivity contribution in [1.82, 2.24) is 9.97 Å². The van der Waals surface area contributed by atoms with Crippen molar-refractivity contribution in [3.8, 4) is 0 Å². The zero-order valence-electron chi connectivity index (χ0n) is 10.3. The number of H-pyrrole nitrogens is 1.